The van der Waals surface area contributed by atoms with Gasteiger partial charge in [-0.15, -0.1) is 0 Å². The molecule has 0 aliphatic heterocycles. The molecule has 0 saturated carbocycles. The summed E-state index contributed by atoms with van der Waals surface area (Å²) in [7, 11) is 3.09. The predicted molar refractivity (Wildman–Crippen MR) is 41.7 cm³/mol. The Morgan fingerprint density at radius 3 is 1.36 bits per heavy atom. The molecule has 3 nitrogen and oxygen atoms in total. The van der Waals surface area contributed by atoms with Crippen molar-refractivity contribution in [1.29, 1.82) is 0 Å². The highest BCUT2D eigenvalue weighted by Gasteiger charge is 2.20. The van der Waals surface area contributed by atoms with E-state index in [9.17, 15) is 0 Å². The predicted octanol–water partition coefficient (Wildman–Crippen LogP) is 1.02. The highest BCUT2D eigenvalue weighted by molar-refractivity contribution is 7.98. The lowest BCUT2D eigenvalue weighted by molar-refractivity contribution is -0.119. The molecule has 0 aliphatic carbocycles. The van der Waals surface area contributed by atoms with Crippen LogP contribution >= 0.6 is 11.9 Å². The monoisotopic (exact) mass is 197 g/mol. The summed E-state index contributed by atoms with van der Waals surface area (Å²) in [6.07, 6.45) is 0. The Hall–Kier alpha value is 0.0200. The molecule has 74 valence electrons. The van der Waals surface area contributed by atoms with Gasteiger partial charge in [0.1, 0.15) is 0 Å². The van der Waals surface area contributed by atoms with Crippen LogP contribution in [-0.2, 0) is 9.47 Å². The number of ether oxygens (including phenoxy) is 2. The summed E-state index contributed by atoms with van der Waals surface area (Å²) in [4.78, 5) is 0. The molecular formula is C4H14F3NO2S. The lowest BCUT2D eigenvalue weighted by Gasteiger charge is -2.22. The lowest BCUT2D eigenvalue weighted by Crippen LogP contribution is -2.26. The molecule has 0 aromatic heterocycles. The number of hydrogen-bond acceptors (Lipinski definition) is 4. The van der Waals surface area contributed by atoms with Crippen molar-refractivity contribution in [3.05, 3.63) is 0 Å². The molecular weight excluding hydrogens is 183 g/mol. The van der Waals surface area contributed by atoms with Crippen molar-refractivity contribution in [3.8, 4) is 0 Å². The SMILES string of the molecule is COC(C)(OC)SN.F.F.F. The van der Waals surface area contributed by atoms with Gasteiger partial charge in [0.25, 0.3) is 0 Å². The van der Waals surface area contributed by atoms with Crippen LogP contribution in [0.4, 0.5) is 14.1 Å². The van der Waals surface area contributed by atoms with Gasteiger partial charge in [-0.25, -0.2) is 0 Å². The third-order valence-corrected chi connectivity index (χ3v) is 1.72. The largest absolute Gasteiger partial charge is 0.344 e. The quantitative estimate of drug-likeness (QED) is 0.542. The van der Waals surface area contributed by atoms with Gasteiger partial charge in [0, 0.05) is 21.1 Å². The molecule has 0 fully saturated rings. The van der Waals surface area contributed by atoms with Crippen molar-refractivity contribution < 1.29 is 23.6 Å². The molecule has 0 atom stereocenters. The summed E-state index contributed by atoms with van der Waals surface area (Å²) >= 11 is 1.03. The molecule has 0 aromatic carbocycles. The average Bonchev–Trinajstić information content (AvgIpc) is 1.87. The molecule has 0 spiro atoms. The summed E-state index contributed by atoms with van der Waals surface area (Å²) in [6.45, 7) is 1.75. The molecule has 0 aliphatic rings. The zero-order chi connectivity index (χ0) is 6.62. The van der Waals surface area contributed by atoms with Crippen molar-refractivity contribution in [2.24, 2.45) is 5.14 Å². The molecule has 7 heteroatoms. The van der Waals surface area contributed by atoms with Crippen molar-refractivity contribution in [2.45, 2.75) is 12.0 Å². The number of rotatable bonds is 3. The van der Waals surface area contributed by atoms with Crippen LogP contribution in [0.15, 0.2) is 0 Å². The van der Waals surface area contributed by atoms with Crippen LogP contribution in [0.25, 0.3) is 0 Å². The molecule has 0 bridgehead atoms. The first-order chi connectivity index (χ1) is 3.68. The fraction of sp³-hybridized carbons (Fsp3) is 1.00. The van der Waals surface area contributed by atoms with Gasteiger partial charge >= 0.3 is 0 Å². The van der Waals surface area contributed by atoms with Gasteiger partial charge in [-0.05, 0) is 11.9 Å². The van der Waals surface area contributed by atoms with E-state index in [4.69, 9.17) is 14.6 Å². The zero-order valence-corrected chi connectivity index (χ0v) is 7.34. The standard InChI is InChI=1S/C4H11NO2S.3FH/c1-4(6-2,7-3)8-5;;;/h5H2,1-3H3;3*1H. The minimum Gasteiger partial charge on any atom is -0.344 e. The van der Waals surface area contributed by atoms with Crippen LogP contribution in [0.3, 0.4) is 0 Å². The molecule has 0 aromatic rings. The minimum atomic E-state index is -0.681. The summed E-state index contributed by atoms with van der Waals surface area (Å²) in [5.74, 6) is 0. The summed E-state index contributed by atoms with van der Waals surface area (Å²) in [5.41, 5.74) is 0. The van der Waals surface area contributed by atoms with E-state index in [0.717, 1.165) is 11.9 Å². The molecule has 0 unspecified atom stereocenters. The highest BCUT2D eigenvalue weighted by atomic mass is 32.2. The zero-order valence-electron chi connectivity index (χ0n) is 6.53. The van der Waals surface area contributed by atoms with Crippen molar-refractivity contribution in [2.75, 3.05) is 14.2 Å². The first kappa shape index (κ1) is 22.5. The maximum Gasteiger partial charge on any atom is 0.228 e. The Bertz CT molecular complexity index is 66.1. The summed E-state index contributed by atoms with van der Waals surface area (Å²) in [5, 5.41) is 4.51. The molecule has 0 amide bonds. The number of halogens is 3. The van der Waals surface area contributed by atoms with E-state index in [2.05, 4.69) is 0 Å². The molecule has 0 heterocycles. The Morgan fingerprint density at radius 1 is 1.09 bits per heavy atom. The van der Waals surface area contributed by atoms with Crippen LogP contribution < -0.4 is 5.14 Å². The molecule has 0 saturated heterocycles. The van der Waals surface area contributed by atoms with E-state index >= 15 is 0 Å². The topological polar surface area (TPSA) is 44.5 Å². The van der Waals surface area contributed by atoms with Crippen LogP contribution in [0, 0.1) is 0 Å². The van der Waals surface area contributed by atoms with Crippen molar-refractivity contribution in [3.63, 3.8) is 0 Å². The number of hydrogen-bond donors (Lipinski definition) is 1. The Morgan fingerprint density at radius 2 is 1.36 bits per heavy atom. The second-order valence-electron chi connectivity index (χ2n) is 1.39. The van der Waals surface area contributed by atoms with E-state index in [1.165, 1.54) is 0 Å². The molecule has 11 heavy (non-hydrogen) atoms. The van der Waals surface area contributed by atoms with Gasteiger partial charge in [0.2, 0.25) is 5.12 Å². The smallest absolute Gasteiger partial charge is 0.228 e. The number of nitrogens with two attached hydrogens (primary N) is 1. The molecule has 0 rings (SSSR count). The fourth-order valence-corrected chi connectivity index (χ4v) is 0.372. The van der Waals surface area contributed by atoms with Gasteiger partial charge < -0.3 is 9.47 Å². The van der Waals surface area contributed by atoms with Crippen LogP contribution in [-0.4, -0.2) is 19.3 Å². The van der Waals surface area contributed by atoms with Crippen molar-refractivity contribution >= 4 is 11.9 Å². The lowest BCUT2D eigenvalue weighted by atomic mass is 10.7. The van der Waals surface area contributed by atoms with Gasteiger partial charge in [0.15, 0.2) is 0 Å². The van der Waals surface area contributed by atoms with Gasteiger partial charge in [-0.2, -0.15) is 0 Å². The van der Waals surface area contributed by atoms with E-state index in [0.29, 0.717) is 0 Å². The summed E-state index contributed by atoms with van der Waals surface area (Å²) in [6, 6.07) is 0. The van der Waals surface area contributed by atoms with Gasteiger partial charge in [0.05, 0.1) is 0 Å². The van der Waals surface area contributed by atoms with E-state index in [-0.39, 0.29) is 14.1 Å². The third-order valence-electron chi connectivity index (χ3n) is 0.956. The average molecular weight is 197 g/mol. The third kappa shape index (κ3) is 7.92. The first-order valence-electron chi connectivity index (χ1n) is 2.16. The highest BCUT2D eigenvalue weighted by Crippen LogP contribution is 2.19. The second kappa shape index (κ2) is 10.0. The minimum absolute atomic E-state index is 0. The van der Waals surface area contributed by atoms with E-state index in [1.807, 2.05) is 0 Å². The van der Waals surface area contributed by atoms with E-state index in [1.54, 1.807) is 21.1 Å². The Kier molecular flexibility index (Phi) is 20.5. The van der Waals surface area contributed by atoms with Crippen LogP contribution in [0.1, 0.15) is 6.92 Å². The van der Waals surface area contributed by atoms with E-state index < -0.39 is 5.12 Å². The second-order valence-corrected chi connectivity index (χ2v) is 2.37. The Balaban J connectivity index is -0.0000000817. The van der Waals surface area contributed by atoms with Crippen molar-refractivity contribution in [1.82, 2.24) is 0 Å². The van der Waals surface area contributed by atoms with Gasteiger partial charge in [-0.1, -0.05) is 0 Å². The van der Waals surface area contributed by atoms with Crippen LogP contribution in [0.2, 0.25) is 0 Å². The van der Waals surface area contributed by atoms with Crippen LogP contribution in [0.5, 0.6) is 0 Å². The molecule has 0 radical (unpaired) electrons. The maximum absolute atomic E-state index is 5.19. The summed E-state index contributed by atoms with van der Waals surface area (Å²) < 4.78 is 9.70. The number of methoxy groups -OCH3 is 2. The van der Waals surface area contributed by atoms with Gasteiger partial charge in [-0.3, -0.25) is 19.3 Å². The Labute approximate surface area is 67.8 Å². The maximum atomic E-state index is 5.19. The molecule has 2 N–H and O–H groups in total. The fourth-order valence-electron chi connectivity index (χ4n) is 0.180. The first-order valence-corrected chi connectivity index (χ1v) is 3.04. The normalized spacial score (nSPS) is 8.73.